The van der Waals surface area contributed by atoms with Crippen LogP contribution in [-0.2, 0) is 38.0 Å². The van der Waals surface area contributed by atoms with Crippen LogP contribution in [0.25, 0.3) is 0 Å². The molecule has 11 heteroatoms. The zero-order chi connectivity index (χ0) is 26.5. The fraction of sp³-hybridized carbons (Fsp3) is 0.400. The highest BCUT2D eigenvalue weighted by atomic mass is 32.2. The van der Waals surface area contributed by atoms with E-state index in [9.17, 15) is 28.8 Å². The van der Waals surface area contributed by atoms with Crippen molar-refractivity contribution in [2.75, 3.05) is 25.2 Å². The Balaban J connectivity index is 1.90. The minimum absolute atomic E-state index is 0.0930. The van der Waals surface area contributed by atoms with Gasteiger partial charge in [-0.15, -0.1) is 0 Å². The molecule has 0 saturated heterocycles. The van der Waals surface area contributed by atoms with Crippen LogP contribution in [-0.4, -0.2) is 75.4 Å². The van der Waals surface area contributed by atoms with Crippen LogP contribution in [0.4, 0.5) is 0 Å². The lowest BCUT2D eigenvalue weighted by Crippen LogP contribution is -2.54. The number of rotatable bonds is 14. The summed E-state index contributed by atoms with van der Waals surface area (Å²) in [6, 6.07) is 13.1. The van der Waals surface area contributed by atoms with Crippen molar-refractivity contribution in [2.24, 2.45) is 5.73 Å². The van der Waals surface area contributed by atoms with Crippen LogP contribution in [0.3, 0.4) is 0 Å². The third kappa shape index (κ3) is 10.5. The van der Waals surface area contributed by atoms with E-state index in [1.165, 1.54) is 18.4 Å². The molecule has 0 spiro atoms. The molecule has 0 radical (unpaired) electrons. The van der Waals surface area contributed by atoms with Crippen LogP contribution in [0, 0.1) is 0 Å². The first-order valence-corrected chi connectivity index (χ1v) is 13.3. The lowest BCUT2D eigenvalue weighted by Gasteiger charge is -2.21. The minimum Gasteiger partial charge on any atom is -0.508 e. The van der Waals surface area contributed by atoms with Crippen molar-refractivity contribution in [2.45, 2.75) is 37.4 Å². The Bertz CT molecular complexity index is 1020. The van der Waals surface area contributed by atoms with Crippen molar-refractivity contribution >= 4 is 28.5 Å². The van der Waals surface area contributed by atoms with E-state index in [-0.39, 0.29) is 37.5 Å². The molecule has 0 aliphatic rings. The second-order valence-corrected chi connectivity index (χ2v) is 10.0. The van der Waals surface area contributed by atoms with Gasteiger partial charge in [-0.05, 0) is 42.5 Å². The van der Waals surface area contributed by atoms with Gasteiger partial charge in [-0.3, -0.25) is 18.6 Å². The molecule has 2 rings (SSSR count). The summed E-state index contributed by atoms with van der Waals surface area (Å²) in [4.78, 5) is 37.7. The second-order valence-electron chi connectivity index (χ2n) is 8.46. The van der Waals surface area contributed by atoms with Crippen LogP contribution in [0.5, 0.6) is 5.75 Å². The maximum atomic E-state index is 12.7. The smallest absolute Gasteiger partial charge is 0.243 e. The first-order chi connectivity index (χ1) is 17.2. The molecule has 7 N–H and O–H groups in total. The lowest BCUT2D eigenvalue weighted by molar-refractivity contribution is -0.131. The molecule has 0 bridgehead atoms. The highest BCUT2D eigenvalue weighted by Gasteiger charge is 2.25. The predicted molar refractivity (Wildman–Crippen MR) is 137 cm³/mol. The Morgan fingerprint density at radius 3 is 2.19 bits per heavy atom. The normalized spacial score (nSPS) is 14.2. The van der Waals surface area contributed by atoms with Crippen LogP contribution in [0.1, 0.15) is 17.5 Å². The molecule has 0 aliphatic heterocycles. The highest BCUT2D eigenvalue weighted by molar-refractivity contribution is 7.84. The molecule has 4 unspecified atom stereocenters. The highest BCUT2D eigenvalue weighted by Crippen LogP contribution is 2.11. The Hall–Kier alpha value is -3.28. The first kappa shape index (κ1) is 29.0. The summed E-state index contributed by atoms with van der Waals surface area (Å²) in [6.07, 6.45) is 2.20. The van der Waals surface area contributed by atoms with Gasteiger partial charge >= 0.3 is 0 Å². The number of hydrogen-bond acceptors (Lipinski definition) is 7. The number of phenolic OH excluding ortho intramolecular Hbond substituents is 1. The van der Waals surface area contributed by atoms with E-state index < -0.39 is 46.6 Å². The average molecular weight is 519 g/mol. The quantitative estimate of drug-likeness (QED) is 0.193. The Morgan fingerprint density at radius 2 is 1.58 bits per heavy atom. The standard InChI is InChI=1S/C25H34N4O6S/c1-36(35)12-11-22(29-24(33)21(26)14-18-7-9-20(31)10-8-18)25(34)27-15-23(32)28-19(16-30)13-17-5-3-2-4-6-17/h2-10,19,21-22,30-31H,11-16,26H2,1H3,(H,27,34)(H,28,32)(H,29,33). The number of phenols is 1. The molecule has 0 fully saturated rings. The zero-order valence-corrected chi connectivity index (χ0v) is 21.0. The van der Waals surface area contributed by atoms with Gasteiger partial charge in [-0.25, -0.2) is 0 Å². The third-order valence-electron chi connectivity index (χ3n) is 5.39. The molecule has 0 aromatic heterocycles. The number of nitrogens with one attached hydrogen (secondary N) is 3. The maximum Gasteiger partial charge on any atom is 0.243 e. The van der Waals surface area contributed by atoms with Gasteiger partial charge < -0.3 is 31.9 Å². The van der Waals surface area contributed by atoms with Crippen LogP contribution >= 0.6 is 0 Å². The summed E-state index contributed by atoms with van der Waals surface area (Å²) < 4.78 is 11.6. The largest absolute Gasteiger partial charge is 0.508 e. The molecule has 0 heterocycles. The molecular weight excluding hydrogens is 484 g/mol. The Labute approximate surface area is 213 Å². The van der Waals surface area contributed by atoms with E-state index in [0.717, 1.165) is 11.1 Å². The summed E-state index contributed by atoms with van der Waals surface area (Å²) in [5.41, 5.74) is 7.67. The molecular formula is C25H34N4O6S. The number of carbonyl (C=O) groups is 3. The van der Waals surface area contributed by atoms with Crippen molar-refractivity contribution in [3.8, 4) is 5.75 Å². The van der Waals surface area contributed by atoms with Crippen molar-refractivity contribution < 1.29 is 28.8 Å². The average Bonchev–Trinajstić information content (AvgIpc) is 2.86. The van der Waals surface area contributed by atoms with Gasteiger partial charge in [-0.2, -0.15) is 0 Å². The van der Waals surface area contributed by atoms with E-state index in [1.54, 1.807) is 12.1 Å². The third-order valence-corrected chi connectivity index (χ3v) is 6.20. The van der Waals surface area contributed by atoms with Crippen molar-refractivity contribution in [1.29, 1.82) is 0 Å². The van der Waals surface area contributed by atoms with E-state index >= 15 is 0 Å². The molecule has 3 amide bonds. The number of amides is 3. The van der Waals surface area contributed by atoms with E-state index in [0.29, 0.717) is 6.42 Å². The van der Waals surface area contributed by atoms with Gasteiger partial charge in [0.15, 0.2) is 0 Å². The van der Waals surface area contributed by atoms with Crippen molar-refractivity contribution in [3.05, 3.63) is 65.7 Å². The molecule has 36 heavy (non-hydrogen) atoms. The van der Waals surface area contributed by atoms with Gasteiger partial charge in [0.25, 0.3) is 0 Å². The van der Waals surface area contributed by atoms with Crippen LogP contribution in [0.15, 0.2) is 54.6 Å². The Kier molecular flexibility index (Phi) is 12.0. The summed E-state index contributed by atoms with van der Waals surface area (Å²) in [5.74, 6) is -1.41. The van der Waals surface area contributed by atoms with Crippen molar-refractivity contribution in [3.63, 3.8) is 0 Å². The number of nitrogens with two attached hydrogens (primary N) is 1. The second kappa shape index (κ2) is 15.0. The van der Waals surface area contributed by atoms with Crippen molar-refractivity contribution in [1.82, 2.24) is 16.0 Å². The topological polar surface area (TPSA) is 171 Å². The first-order valence-electron chi connectivity index (χ1n) is 11.5. The van der Waals surface area contributed by atoms with Gasteiger partial charge in [0.05, 0.1) is 25.2 Å². The van der Waals surface area contributed by atoms with Crippen LogP contribution < -0.4 is 21.7 Å². The van der Waals surface area contributed by atoms with Crippen LogP contribution in [0.2, 0.25) is 0 Å². The van der Waals surface area contributed by atoms with E-state index in [4.69, 9.17) is 5.73 Å². The fourth-order valence-electron chi connectivity index (χ4n) is 3.44. The monoisotopic (exact) mass is 518 g/mol. The van der Waals surface area contributed by atoms with E-state index in [2.05, 4.69) is 16.0 Å². The molecule has 2 aromatic rings. The van der Waals surface area contributed by atoms with Gasteiger partial charge in [-0.1, -0.05) is 42.5 Å². The summed E-state index contributed by atoms with van der Waals surface area (Å²) in [6.45, 7) is -0.625. The van der Waals surface area contributed by atoms with Gasteiger partial charge in [0.2, 0.25) is 17.7 Å². The molecule has 0 saturated carbocycles. The summed E-state index contributed by atoms with van der Waals surface area (Å²) >= 11 is 0. The number of hydrogen-bond donors (Lipinski definition) is 6. The molecule has 4 atom stereocenters. The minimum atomic E-state index is -1.20. The zero-order valence-electron chi connectivity index (χ0n) is 20.2. The lowest BCUT2D eigenvalue weighted by atomic mass is 10.1. The summed E-state index contributed by atoms with van der Waals surface area (Å²) in [7, 11) is -1.20. The number of aliphatic hydroxyl groups excluding tert-OH is 1. The maximum absolute atomic E-state index is 12.7. The molecule has 2 aromatic carbocycles. The fourth-order valence-corrected chi connectivity index (χ4v) is 4.01. The number of benzene rings is 2. The number of carbonyl (C=O) groups excluding carboxylic acids is 3. The Morgan fingerprint density at radius 1 is 0.944 bits per heavy atom. The molecule has 196 valence electrons. The SMILES string of the molecule is CS(=O)CCC(NC(=O)C(N)Cc1ccc(O)cc1)C(=O)NCC(=O)NC(CO)Cc1ccccc1. The predicted octanol–water partition coefficient (Wildman–Crippen LogP) is -0.649. The van der Waals surface area contributed by atoms with Gasteiger partial charge in [0, 0.05) is 22.8 Å². The number of aromatic hydroxyl groups is 1. The summed E-state index contributed by atoms with van der Waals surface area (Å²) in [5, 5.41) is 26.7. The van der Waals surface area contributed by atoms with E-state index in [1.807, 2.05) is 30.3 Å². The molecule has 10 nitrogen and oxygen atoms in total. The number of aliphatic hydroxyl groups is 1. The van der Waals surface area contributed by atoms with Gasteiger partial charge in [0.1, 0.15) is 11.8 Å². The molecule has 0 aliphatic carbocycles.